The molecule has 0 aliphatic rings. The Morgan fingerprint density at radius 2 is 2.46 bits per heavy atom. The molecule has 0 unspecified atom stereocenters. The second kappa shape index (κ2) is 3.92. The van der Waals surface area contributed by atoms with Crippen LogP contribution in [0.5, 0.6) is 0 Å². The Labute approximate surface area is 79.2 Å². The molecule has 0 atom stereocenters. The maximum absolute atomic E-state index is 10.7. The number of hydrogen-bond acceptors (Lipinski definition) is 4. The van der Waals surface area contributed by atoms with Crippen LogP contribution in [0.4, 0.5) is 0 Å². The maximum atomic E-state index is 10.7. The number of hydrogen-bond donors (Lipinski definition) is 1. The highest BCUT2D eigenvalue weighted by atomic mass is 32.2. The maximum Gasteiger partial charge on any atom is 0.338 e. The van der Waals surface area contributed by atoms with E-state index in [0.29, 0.717) is 5.03 Å². The molecule has 0 amide bonds. The van der Waals surface area contributed by atoms with Gasteiger partial charge in [0, 0.05) is 6.20 Å². The summed E-state index contributed by atoms with van der Waals surface area (Å²) in [6, 6.07) is 3.16. The van der Waals surface area contributed by atoms with E-state index in [9.17, 15) is 4.79 Å². The van der Waals surface area contributed by atoms with Gasteiger partial charge in [0.2, 0.25) is 0 Å². The normalized spacial score (nSPS) is 9.23. The van der Waals surface area contributed by atoms with Crippen molar-refractivity contribution in [2.75, 3.05) is 6.26 Å². The highest BCUT2D eigenvalue weighted by molar-refractivity contribution is 7.98. The minimum absolute atomic E-state index is 0.0755. The van der Waals surface area contributed by atoms with Gasteiger partial charge in [-0.15, -0.1) is 11.8 Å². The molecule has 0 aliphatic heterocycles. The number of carbonyl (C=O) groups is 1. The SMILES string of the molecule is CSc1ncc(C#N)cc1C(=O)O. The van der Waals surface area contributed by atoms with E-state index in [4.69, 9.17) is 10.4 Å². The van der Waals surface area contributed by atoms with Crippen LogP contribution in [0.1, 0.15) is 15.9 Å². The fourth-order valence-electron chi connectivity index (χ4n) is 0.829. The molecule has 0 bridgehead atoms. The highest BCUT2D eigenvalue weighted by Crippen LogP contribution is 2.18. The zero-order chi connectivity index (χ0) is 9.84. The number of aromatic carboxylic acids is 1. The molecule has 1 rings (SSSR count). The van der Waals surface area contributed by atoms with Crippen molar-refractivity contribution in [3.05, 3.63) is 23.4 Å². The Hall–Kier alpha value is -1.54. The lowest BCUT2D eigenvalue weighted by Gasteiger charge is -2.00. The van der Waals surface area contributed by atoms with Gasteiger partial charge in [0.15, 0.2) is 0 Å². The van der Waals surface area contributed by atoms with Crippen molar-refractivity contribution in [2.24, 2.45) is 0 Å². The van der Waals surface area contributed by atoms with Crippen LogP contribution in [0.2, 0.25) is 0 Å². The standard InChI is InChI=1S/C8H6N2O2S/c1-13-7-6(8(11)12)2-5(3-9)4-10-7/h2,4H,1H3,(H,11,12). The molecule has 0 spiro atoms. The van der Waals surface area contributed by atoms with Gasteiger partial charge in [-0.25, -0.2) is 9.78 Å². The largest absolute Gasteiger partial charge is 0.478 e. The van der Waals surface area contributed by atoms with Crippen LogP contribution < -0.4 is 0 Å². The van der Waals surface area contributed by atoms with Crippen molar-refractivity contribution in [2.45, 2.75) is 5.03 Å². The second-order valence-corrected chi connectivity index (χ2v) is 2.99. The third kappa shape index (κ3) is 1.98. The summed E-state index contributed by atoms with van der Waals surface area (Å²) in [5.41, 5.74) is 0.335. The second-order valence-electron chi connectivity index (χ2n) is 2.20. The van der Waals surface area contributed by atoms with Gasteiger partial charge in [-0.3, -0.25) is 0 Å². The Balaban J connectivity index is 3.28. The minimum atomic E-state index is -1.06. The van der Waals surface area contributed by atoms with E-state index < -0.39 is 5.97 Å². The fourth-order valence-corrected chi connectivity index (χ4v) is 1.35. The third-order valence-corrected chi connectivity index (χ3v) is 2.12. The molecule has 0 saturated heterocycles. The summed E-state index contributed by atoms with van der Waals surface area (Å²) in [6.45, 7) is 0. The van der Waals surface area contributed by atoms with Crippen LogP contribution in [0.15, 0.2) is 17.3 Å². The molecule has 1 N–H and O–H groups in total. The van der Waals surface area contributed by atoms with Crippen LogP contribution in [0.3, 0.4) is 0 Å². The molecule has 1 aromatic rings. The first-order chi connectivity index (χ1) is 6.19. The molecular formula is C8H6N2O2S. The average Bonchev–Trinajstić information content (AvgIpc) is 2.16. The van der Waals surface area contributed by atoms with Crippen molar-refractivity contribution in [3.8, 4) is 6.07 Å². The van der Waals surface area contributed by atoms with Crippen LogP contribution in [-0.2, 0) is 0 Å². The molecule has 0 saturated carbocycles. The Kier molecular flexibility index (Phi) is 2.88. The van der Waals surface area contributed by atoms with Crippen LogP contribution in [0, 0.1) is 11.3 Å². The summed E-state index contributed by atoms with van der Waals surface area (Å²) in [4.78, 5) is 14.5. The molecule has 1 heterocycles. The Bertz CT molecular complexity index is 384. The van der Waals surface area contributed by atoms with E-state index in [1.807, 2.05) is 6.07 Å². The van der Waals surface area contributed by atoms with E-state index in [1.54, 1.807) is 6.26 Å². The van der Waals surface area contributed by atoms with Crippen molar-refractivity contribution < 1.29 is 9.90 Å². The first-order valence-electron chi connectivity index (χ1n) is 3.36. The molecular weight excluding hydrogens is 188 g/mol. The Morgan fingerprint density at radius 1 is 1.77 bits per heavy atom. The summed E-state index contributed by atoms with van der Waals surface area (Å²) >= 11 is 1.24. The van der Waals surface area contributed by atoms with Crippen molar-refractivity contribution in [3.63, 3.8) is 0 Å². The number of aromatic nitrogens is 1. The van der Waals surface area contributed by atoms with Gasteiger partial charge in [-0.2, -0.15) is 5.26 Å². The van der Waals surface area contributed by atoms with Gasteiger partial charge in [-0.05, 0) is 12.3 Å². The number of carboxylic acids is 1. The Morgan fingerprint density at radius 3 is 2.92 bits per heavy atom. The highest BCUT2D eigenvalue weighted by Gasteiger charge is 2.11. The van der Waals surface area contributed by atoms with Crippen molar-refractivity contribution in [1.29, 1.82) is 5.26 Å². The zero-order valence-corrected chi connectivity index (χ0v) is 7.63. The first kappa shape index (κ1) is 9.55. The summed E-state index contributed by atoms with van der Waals surface area (Å²) < 4.78 is 0. The number of pyridine rings is 1. The van der Waals surface area contributed by atoms with Crippen molar-refractivity contribution in [1.82, 2.24) is 4.98 Å². The summed E-state index contributed by atoms with van der Waals surface area (Å²) in [5, 5.41) is 17.7. The molecule has 4 nitrogen and oxygen atoms in total. The molecule has 66 valence electrons. The quantitative estimate of drug-likeness (QED) is 0.720. The molecule has 0 fully saturated rings. The average molecular weight is 194 g/mol. The van der Waals surface area contributed by atoms with Gasteiger partial charge >= 0.3 is 5.97 Å². The monoisotopic (exact) mass is 194 g/mol. The number of nitriles is 1. The molecule has 13 heavy (non-hydrogen) atoms. The van der Waals surface area contributed by atoms with Crippen LogP contribution in [0.25, 0.3) is 0 Å². The predicted molar refractivity (Wildman–Crippen MR) is 47.7 cm³/mol. The molecule has 0 aliphatic carbocycles. The lowest BCUT2D eigenvalue weighted by atomic mass is 10.2. The van der Waals surface area contributed by atoms with Crippen molar-refractivity contribution >= 4 is 17.7 Å². The number of thioether (sulfide) groups is 1. The van der Waals surface area contributed by atoms with Gasteiger partial charge < -0.3 is 5.11 Å². The van der Waals surface area contributed by atoms with E-state index in [0.717, 1.165) is 0 Å². The fraction of sp³-hybridized carbons (Fsp3) is 0.125. The zero-order valence-electron chi connectivity index (χ0n) is 6.81. The van der Waals surface area contributed by atoms with Gasteiger partial charge in [0.25, 0.3) is 0 Å². The first-order valence-corrected chi connectivity index (χ1v) is 4.59. The summed E-state index contributed by atoms with van der Waals surface area (Å²) in [5.74, 6) is -1.06. The van der Waals surface area contributed by atoms with Crippen LogP contribution >= 0.6 is 11.8 Å². The topological polar surface area (TPSA) is 74.0 Å². The van der Waals surface area contributed by atoms with E-state index >= 15 is 0 Å². The van der Waals surface area contributed by atoms with E-state index in [2.05, 4.69) is 4.98 Å². The summed E-state index contributed by atoms with van der Waals surface area (Å²) in [6.07, 6.45) is 3.10. The van der Waals surface area contributed by atoms with E-state index in [1.165, 1.54) is 24.0 Å². The minimum Gasteiger partial charge on any atom is -0.478 e. The molecule has 0 radical (unpaired) electrons. The smallest absolute Gasteiger partial charge is 0.338 e. The lowest BCUT2D eigenvalue weighted by molar-refractivity contribution is 0.0692. The molecule has 0 aromatic carbocycles. The molecule has 5 heteroatoms. The van der Waals surface area contributed by atoms with Crippen LogP contribution in [-0.4, -0.2) is 22.3 Å². The number of carboxylic acid groups (broad SMARTS) is 1. The van der Waals surface area contributed by atoms with Gasteiger partial charge in [-0.1, -0.05) is 0 Å². The predicted octanol–water partition coefficient (Wildman–Crippen LogP) is 1.37. The van der Waals surface area contributed by atoms with Gasteiger partial charge in [0.1, 0.15) is 11.1 Å². The summed E-state index contributed by atoms with van der Waals surface area (Å²) in [7, 11) is 0. The number of rotatable bonds is 2. The third-order valence-electron chi connectivity index (χ3n) is 1.40. The number of nitrogens with zero attached hydrogens (tertiary/aromatic N) is 2. The lowest BCUT2D eigenvalue weighted by Crippen LogP contribution is -2.01. The van der Waals surface area contributed by atoms with Gasteiger partial charge in [0.05, 0.1) is 11.1 Å². The van der Waals surface area contributed by atoms with E-state index in [-0.39, 0.29) is 11.1 Å². The molecule has 1 aromatic heterocycles.